The molecule has 1 aromatic carbocycles. The molecule has 2 aromatic rings. The third-order valence-corrected chi connectivity index (χ3v) is 5.10. The van der Waals surface area contributed by atoms with Gasteiger partial charge in [0, 0.05) is 30.3 Å². The molecule has 1 aliphatic heterocycles. The lowest BCUT2D eigenvalue weighted by Gasteiger charge is -2.35. The second-order valence-corrected chi connectivity index (χ2v) is 6.89. The average molecular weight is 419 g/mol. The molecule has 0 unspecified atom stereocenters. The number of benzene rings is 1. The number of nitrogens with one attached hydrogen (secondary N) is 1. The van der Waals surface area contributed by atoms with Crippen molar-refractivity contribution in [2.24, 2.45) is 0 Å². The van der Waals surface area contributed by atoms with Crippen LogP contribution in [0, 0.1) is 0 Å². The van der Waals surface area contributed by atoms with Gasteiger partial charge < -0.3 is 23.7 Å². The molecular weight excluding hydrogens is 390 g/mol. The number of H-pyrrole nitrogens is 1. The summed E-state index contributed by atoms with van der Waals surface area (Å²) >= 11 is 0. The van der Waals surface area contributed by atoms with Crippen molar-refractivity contribution in [1.82, 2.24) is 15.1 Å². The van der Waals surface area contributed by atoms with Crippen LogP contribution in [0.1, 0.15) is 18.9 Å². The average Bonchev–Trinajstić information content (AvgIpc) is 3.22. The number of carbonyl (C=O) groups is 1. The van der Waals surface area contributed by atoms with Crippen LogP contribution in [0.4, 0.5) is 0 Å². The van der Waals surface area contributed by atoms with Gasteiger partial charge in [-0.25, -0.2) is 0 Å². The summed E-state index contributed by atoms with van der Waals surface area (Å²) in [5.74, 6) is 1.46. The molecule has 0 aliphatic carbocycles. The number of methoxy groups -OCH3 is 3. The van der Waals surface area contributed by atoms with Crippen molar-refractivity contribution in [3.8, 4) is 28.5 Å². The van der Waals surface area contributed by atoms with E-state index in [9.17, 15) is 4.79 Å². The molecule has 1 saturated heterocycles. The summed E-state index contributed by atoms with van der Waals surface area (Å²) in [6.45, 7) is 4.65. The van der Waals surface area contributed by atoms with E-state index >= 15 is 0 Å². The van der Waals surface area contributed by atoms with Crippen molar-refractivity contribution in [3.63, 3.8) is 0 Å². The van der Waals surface area contributed by atoms with Crippen molar-refractivity contribution in [1.29, 1.82) is 0 Å². The van der Waals surface area contributed by atoms with Crippen LogP contribution >= 0.6 is 0 Å². The minimum absolute atomic E-state index is 0.0412. The highest BCUT2D eigenvalue weighted by atomic mass is 16.5. The first-order chi connectivity index (χ1) is 14.6. The Morgan fingerprint density at radius 2 is 1.97 bits per heavy atom. The Morgan fingerprint density at radius 1 is 1.23 bits per heavy atom. The minimum Gasteiger partial charge on any atom is -0.493 e. The molecule has 1 aliphatic rings. The van der Waals surface area contributed by atoms with Crippen molar-refractivity contribution < 1.29 is 28.5 Å². The van der Waals surface area contributed by atoms with E-state index in [4.69, 9.17) is 23.7 Å². The Hall–Kier alpha value is -2.78. The van der Waals surface area contributed by atoms with E-state index in [1.54, 1.807) is 27.5 Å². The molecule has 1 fully saturated rings. The standard InChI is InChI=1S/C21H29N3O6/c1-5-30-19(25)10-16-13-29-7-6-24(16)12-15-11-22-23-20(15)14-8-17(26-2)21(28-4)18(9-14)27-3/h8-9,11,16H,5-7,10,12-13H2,1-4H3,(H,22,23)/t16-/m0/s1. The molecule has 0 spiro atoms. The SMILES string of the molecule is CCOC(=O)C[C@H]1COCCN1Cc1cn[nH]c1-c1cc(OC)c(OC)c(OC)c1. The van der Waals surface area contributed by atoms with E-state index in [2.05, 4.69) is 15.1 Å². The van der Waals surface area contributed by atoms with Crippen LogP contribution in [0.5, 0.6) is 17.2 Å². The number of morpholine rings is 1. The summed E-state index contributed by atoms with van der Waals surface area (Å²) in [5.41, 5.74) is 2.72. The zero-order valence-electron chi connectivity index (χ0n) is 17.9. The van der Waals surface area contributed by atoms with Gasteiger partial charge in [-0.2, -0.15) is 5.10 Å². The maximum atomic E-state index is 12.0. The molecule has 9 heteroatoms. The Kier molecular flexibility index (Phi) is 7.53. The first-order valence-corrected chi connectivity index (χ1v) is 9.91. The number of nitrogens with zero attached hydrogens (tertiary/aromatic N) is 2. The molecule has 9 nitrogen and oxygen atoms in total. The maximum absolute atomic E-state index is 12.0. The summed E-state index contributed by atoms with van der Waals surface area (Å²) < 4.78 is 27.1. The van der Waals surface area contributed by atoms with Gasteiger partial charge in [-0.3, -0.25) is 14.8 Å². The Balaban J connectivity index is 1.85. The van der Waals surface area contributed by atoms with Crippen LogP contribution in [-0.4, -0.2) is 74.8 Å². The lowest BCUT2D eigenvalue weighted by Crippen LogP contribution is -2.46. The second kappa shape index (κ2) is 10.3. The van der Waals surface area contributed by atoms with Gasteiger partial charge in [0.15, 0.2) is 11.5 Å². The Labute approximate surface area is 176 Å². The highest BCUT2D eigenvalue weighted by molar-refractivity contribution is 5.71. The van der Waals surface area contributed by atoms with E-state index in [0.29, 0.717) is 50.0 Å². The zero-order chi connectivity index (χ0) is 21.5. The molecule has 0 saturated carbocycles. The third-order valence-electron chi connectivity index (χ3n) is 5.10. The monoisotopic (exact) mass is 419 g/mol. The van der Waals surface area contributed by atoms with Gasteiger partial charge in [0.2, 0.25) is 5.75 Å². The van der Waals surface area contributed by atoms with Gasteiger partial charge in [0.05, 0.1) is 59.5 Å². The number of carbonyl (C=O) groups excluding carboxylic acids is 1. The number of esters is 1. The number of rotatable bonds is 9. The molecule has 0 bridgehead atoms. The van der Waals surface area contributed by atoms with Crippen LogP contribution < -0.4 is 14.2 Å². The molecular formula is C21H29N3O6. The van der Waals surface area contributed by atoms with E-state index < -0.39 is 0 Å². The predicted molar refractivity (Wildman–Crippen MR) is 110 cm³/mol. The van der Waals surface area contributed by atoms with E-state index in [1.807, 2.05) is 19.1 Å². The molecule has 30 heavy (non-hydrogen) atoms. The van der Waals surface area contributed by atoms with Crippen LogP contribution in [0.2, 0.25) is 0 Å². The molecule has 3 rings (SSSR count). The number of aromatic amines is 1. The summed E-state index contributed by atoms with van der Waals surface area (Å²) in [7, 11) is 4.75. The maximum Gasteiger partial charge on any atom is 0.307 e. The molecule has 0 amide bonds. The molecule has 1 aromatic heterocycles. The van der Waals surface area contributed by atoms with Crippen molar-refractivity contribution in [2.75, 3.05) is 47.7 Å². The highest BCUT2D eigenvalue weighted by Crippen LogP contribution is 2.41. The first-order valence-electron chi connectivity index (χ1n) is 9.91. The van der Waals surface area contributed by atoms with Crippen LogP contribution in [0.25, 0.3) is 11.3 Å². The van der Waals surface area contributed by atoms with Gasteiger partial charge >= 0.3 is 5.97 Å². The smallest absolute Gasteiger partial charge is 0.307 e. The second-order valence-electron chi connectivity index (χ2n) is 6.89. The molecule has 2 heterocycles. The molecule has 164 valence electrons. The van der Waals surface area contributed by atoms with Crippen LogP contribution in [0.3, 0.4) is 0 Å². The van der Waals surface area contributed by atoms with Crippen molar-refractivity contribution in [2.45, 2.75) is 25.9 Å². The summed E-state index contributed by atoms with van der Waals surface area (Å²) in [4.78, 5) is 14.2. The normalized spacial score (nSPS) is 16.9. The molecule has 0 radical (unpaired) electrons. The lowest BCUT2D eigenvalue weighted by molar-refractivity contribution is -0.146. The Bertz CT molecular complexity index is 828. The predicted octanol–water partition coefficient (Wildman–Crippen LogP) is 2.26. The first kappa shape index (κ1) is 21.9. The summed E-state index contributed by atoms with van der Waals surface area (Å²) in [5, 5.41) is 7.32. The lowest BCUT2D eigenvalue weighted by atomic mass is 10.0. The number of hydrogen-bond donors (Lipinski definition) is 1. The van der Waals surface area contributed by atoms with Crippen molar-refractivity contribution >= 4 is 5.97 Å². The fourth-order valence-electron chi connectivity index (χ4n) is 3.62. The third kappa shape index (κ3) is 4.85. The largest absolute Gasteiger partial charge is 0.493 e. The van der Waals surface area contributed by atoms with Gasteiger partial charge in [-0.1, -0.05) is 0 Å². The number of ether oxygens (including phenoxy) is 5. The zero-order valence-corrected chi connectivity index (χ0v) is 17.9. The van der Waals surface area contributed by atoms with Crippen LogP contribution in [-0.2, 0) is 20.8 Å². The van der Waals surface area contributed by atoms with Gasteiger partial charge in [-0.15, -0.1) is 0 Å². The summed E-state index contributed by atoms with van der Waals surface area (Å²) in [6, 6.07) is 3.72. The summed E-state index contributed by atoms with van der Waals surface area (Å²) in [6.07, 6.45) is 2.10. The number of aromatic nitrogens is 2. The van der Waals surface area contributed by atoms with E-state index in [1.165, 1.54) is 0 Å². The molecule has 1 atom stereocenters. The van der Waals surface area contributed by atoms with E-state index in [-0.39, 0.29) is 12.0 Å². The molecule has 1 N–H and O–H groups in total. The van der Waals surface area contributed by atoms with E-state index in [0.717, 1.165) is 23.4 Å². The quantitative estimate of drug-likeness (QED) is 0.619. The Morgan fingerprint density at radius 3 is 2.60 bits per heavy atom. The fraction of sp³-hybridized carbons (Fsp3) is 0.524. The van der Waals surface area contributed by atoms with Gasteiger partial charge in [0.25, 0.3) is 0 Å². The van der Waals surface area contributed by atoms with Crippen molar-refractivity contribution in [3.05, 3.63) is 23.9 Å². The van der Waals surface area contributed by atoms with Crippen LogP contribution in [0.15, 0.2) is 18.3 Å². The number of hydrogen-bond acceptors (Lipinski definition) is 8. The fourth-order valence-corrected chi connectivity index (χ4v) is 3.62. The highest BCUT2D eigenvalue weighted by Gasteiger charge is 2.27. The minimum atomic E-state index is -0.213. The van der Waals surface area contributed by atoms with Gasteiger partial charge in [0.1, 0.15) is 0 Å². The van der Waals surface area contributed by atoms with Gasteiger partial charge in [-0.05, 0) is 19.1 Å². The topological polar surface area (TPSA) is 95.1 Å².